The van der Waals surface area contributed by atoms with E-state index in [0.717, 1.165) is 16.6 Å². The molecule has 1 aromatic rings. The fraction of sp³-hybridized carbons (Fsp3) is 0.417. The summed E-state index contributed by atoms with van der Waals surface area (Å²) in [4.78, 5) is 13.8. The zero-order valence-corrected chi connectivity index (χ0v) is 10.4. The van der Waals surface area contributed by atoms with Crippen molar-refractivity contribution < 1.29 is 9.53 Å². The normalized spacial score (nSPS) is 22.6. The van der Waals surface area contributed by atoms with Gasteiger partial charge in [-0.3, -0.25) is 4.79 Å². The molecule has 1 spiro atoms. The molecule has 0 bridgehead atoms. The highest BCUT2D eigenvalue weighted by atomic mass is 79.9. The number of hydrogen-bond donors (Lipinski definition) is 0. The molecule has 3 nitrogen and oxygen atoms in total. The van der Waals surface area contributed by atoms with Crippen molar-refractivity contribution >= 4 is 27.5 Å². The van der Waals surface area contributed by atoms with Gasteiger partial charge in [0.1, 0.15) is 0 Å². The van der Waals surface area contributed by atoms with E-state index in [-0.39, 0.29) is 11.4 Å². The third-order valence-corrected chi connectivity index (χ3v) is 3.88. The Morgan fingerprint density at radius 1 is 1.25 bits per heavy atom. The second-order valence-electron chi connectivity index (χ2n) is 4.42. The average Bonchev–Trinajstić information content (AvgIpc) is 2.57. The number of hydrogen-bond acceptors (Lipinski definition) is 2. The van der Waals surface area contributed by atoms with Crippen LogP contribution < -0.4 is 4.90 Å². The minimum absolute atomic E-state index is 0.0507. The van der Waals surface area contributed by atoms with Crippen LogP contribution in [0.5, 0.6) is 0 Å². The summed E-state index contributed by atoms with van der Waals surface area (Å²) in [7, 11) is 0. The van der Waals surface area contributed by atoms with Crippen molar-refractivity contribution in [1.82, 2.24) is 0 Å². The molecule has 0 unspecified atom stereocenters. The molecule has 0 radical (unpaired) electrons. The molecule has 16 heavy (non-hydrogen) atoms. The topological polar surface area (TPSA) is 29.5 Å². The van der Waals surface area contributed by atoms with E-state index in [2.05, 4.69) is 15.9 Å². The van der Waals surface area contributed by atoms with Gasteiger partial charge in [-0.1, -0.05) is 15.9 Å². The number of nitrogens with zero attached hydrogens (tertiary/aromatic N) is 1. The number of amides is 1. The molecule has 0 aromatic heterocycles. The van der Waals surface area contributed by atoms with Gasteiger partial charge >= 0.3 is 0 Å². The highest BCUT2D eigenvalue weighted by Crippen LogP contribution is 2.40. The van der Waals surface area contributed by atoms with Crippen LogP contribution in [0.2, 0.25) is 0 Å². The molecular weight excluding hydrogens is 270 g/mol. The zero-order valence-electron chi connectivity index (χ0n) is 8.78. The van der Waals surface area contributed by atoms with Gasteiger partial charge in [0, 0.05) is 16.6 Å². The third-order valence-electron chi connectivity index (χ3n) is 3.35. The Bertz CT molecular complexity index is 425. The monoisotopic (exact) mass is 281 g/mol. The number of halogens is 1. The van der Waals surface area contributed by atoms with Crippen molar-refractivity contribution in [1.29, 1.82) is 0 Å². The number of carbonyl (C=O) groups is 1. The standard InChI is InChI=1S/C12H12BrNO2/c13-9-1-3-10(4-2-9)14-11(15)5-6-12(14)7-16-8-12/h1-4H,5-8H2. The fourth-order valence-corrected chi connectivity index (χ4v) is 2.71. The van der Waals surface area contributed by atoms with Gasteiger partial charge in [-0.25, -0.2) is 0 Å². The smallest absolute Gasteiger partial charge is 0.227 e. The van der Waals surface area contributed by atoms with Crippen LogP contribution in [-0.4, -0.2) is 24.7 Å². The zero-order chi connectivity index (χ0) is 11.2. The minimum atomic E-state index is -0.0507. The molecule has 0 saturated carbocycles. The molecule has 2 heterocycles. The third kappa shape index (κ3) is 1.40. The molecule has 84 valence electrons. The number of ether oxygens (including phenoxy) is 1. The largest absolute Gasteiger partial charge is 0.376 e. The van der Waals surface area contributed by atoms with Gasteiger partial charge in [-0.05, 0) is 30.7 Å². The lowest BCUT2D eigenvalue weighted by Gasteiger charge is -2.45. The maximum Gasteiger partial charge on any atom is 0.227 e. The first-order valence-electron chi connectivity index (χ1n) is 5.38. The fourth-order valence-electron chi connectivity index (χ4n) is 2.45. The van der Waals surface area contributed by atoms with Crippen LogP contribution >= 0.6 is 15.9 Å². The van der Waals surface area contributed by atoms with E-state index in [4.69, 9.17) is 4.74 Å². The Kier molecular flexibility index (Phi) is 2.30. The lowest BCUT2D eigenvalue weighted by atomic mass is 9.94. The summed E-state index contributed by atoms with van der Waals surface area (Å²) in [5.74, 6) is 0.214. The molecule has 2 aliphatic heterocycles. The first kappa shape index (κ1) is 10.3. The Hall–Kier alpha value is -0.870. The Balaban J connectivity index is 1.97. The molecular formula is C12H12BrNO2. The predicted molar refractivity (Wildman–Crippen MR) is 64.4 cm³/mol. The van der Waals surface area contributed by atoms with Crippen molar-refractivity contribution in [3.63, 3.8) is 0 Å². The summed E-state index contributed by atoms with van der Waals surface area (Å²) in [6.45, 7) is 1.35. The summed E-state index contributed by atoms with van der Waals surface area (Å²) in [6.07, 6.45) is 1.56. The van der Waals surface area contributed by atoms with E-state index in [1.807, 2.05) is 29.2 Å². The van der Waals surface area contributed by atoms with Gasteiger partial charge < -0.3 is 9.64 Å². The van der Waals surface area contributed by atoms with Gasteiger partial charge in [0.2, 0.25) is 5.91 Å². The quantitative estimate of drug-likeness (QED) is 0.791. The van der Waals surface area contributed by atoms with Gasteiger partial charge in [0.25, 0.3) is 0 Å². The van der Waals surface area contributed by atoms with Crippen molar-refractivity contribution in [3.8, 4) is 0 Å². The summed E-state index contributed by atoms with van der Waals surface area (Å²) in [6, 6.07) is 7.89. The van der Waals surface area contributed by atoms with E-state index < -0.39 is 0 Å². The molecule has 2 aliphatic rings. The van der Waals surface area contributed by atoms with Crippen molar-refractivity contribution in [2.24, 2.45) is 0 Å². The molecule has 1 amide bonds. The number of anilines is 1. The van der Waals surface area contributed by atoms with Gasteiger partial charge in [0.05, 0.1) is 18.8 Å². The van der Waals surface area contributed by atoms with E-state index in [1.54, 1.807) is 0 Å². The van der Waals surface area contributed by atoms with Crippen LogP contribution in [0, 0.1) is 0 Å². The van der Waals surface area contributed by atoms with Gasteiger partial charge in [-0.2, -0.15) is 0 Å². The molecule has 2 saturated heterocycles. The van der Waals surface area contributed by atoms with Crippen LogP contribution in [0.4, 0.5) is 5.69 Å². The highest BCUT2D eigenvalue weighted by molar-refractivity contribution is 9.10. The van der Waals surface area contributed by atoms with Crippen LogP contribution in [0.15, 0.2) is 28.7 Å². The van der Waals surface area contributed by atoms with Gasteiger partial charge in [0.15, 0.2) is 0 Å². The maximum atomic E-state index is 11.9. The van der Waals surface area contributed by atoms with Crippen LogP contribution in [-0.2, 0) is 9.53 Å². The lowest BCUT2D eigenvalue weighted by Crippen LogP contribution is -2.60. The predicted octanol–water partition coefficient (Wildman–Crippen LogP) is 2.34. The second-order valence-corrected chi connectivity index (χ2v) is 5.34. The van der Waals surface area contributed by atoms with Crippen molar-refractivity contribution in [2.75, 3.05) is 18.1 Å². The number of rotatable bonds is 1. The Morgan fingerprint density at radius 3 is 2.50 bits per heavy atom. The molecule has 1 aromatic carbocycles. The first-order valence-corrected chi connectivity index (χ1v) is 6.17. The van der Waals surface area contributed by atoms with Crippen molar-refractivity contribution in [3.05, 3.63) is 28.7 Å². The summed E-state index contributed by atoms with van der Waals surface area (Å²) in [5, 5.41) is 0. The molecule has 0 N–H and O–H groups in total. The lowest BCUT2D eigenvalue weighted by molar-refractivity contribution is -0.119. The molecule has 3 rings (SSSR count). The molecule has 4 heteroatoms. The summed E-state index contributed by atoms with van der Waals surface area (Å²) >= 11 is 3.40. The van der Waals surface area contributed by atoms with E-state index in [9.17, 15) is 4.79 Å². The number of benzene rings is 1. The van der Waals surface area contributed by atoms with Crippen LogP contribution in [0.1, 0.15) is 12.8 Å². The number of carbonyl (C=O) groups excluding carboxylic acids is 1. The van der Waals surface area contributed by atoms with Gasteiger partial charge in [-0.15, -0.1) is 0 Å². The Morgan fingerprint density at radius 2 is 1.94 bits per heavy atom. The summed E-state index contributed by atoms with van der Waals surface area (Å²) in [5.41, 5.74) is 0.930. The average molecular weight is 282 g/mol. The molecule has 0 aliphatic carbocycles. The molecule has 2 fully saturated rings. The highest BCUT2D eigenvalue weighted by Gasteiger charge is 2.51. The van der Waals surface area contributed by atoms with Crippen LogP contribution in [0.25, 0.3) is 0 Å². The maximum absolute atomic E-state index is 11.9. The van der Waals surface area contributed by atoms with Crippen LogP contribution in [0.3, 0.4) is 0 Å². The van der Waals surface area contributed by atoms with E-state index >= 15 is 0 Å². The van der Waals surface area contributed by atoms with E-state index in [0.29, 0.717) is 19.6 Å². The SMILES string of the molecule is O=C1CCC2(COC2)N1c1ccc(Br)cc1. The minimum Gasteiger partial charge on any atom is -0.376 e. The second kappa shape index (κ2) is 3.57. The van der Waals surface area contributed by atoms with E-state index in [1.165, 1.54) is 0 Å². The first-order chi connectivity index (χ1) is 7.71. The molecule has 0 atom stereocenters. The van der Waals surface area contributed by atoms with Crippen molar-refractivity contribution in [2.45, 2.75) is 18.4 Å². The summed E-state index contributed by atoms with van der Waals surface area (Å²) < 4.78 is 6.31. The Labute approximate surface area is 103 Å².